The maximum atomic E-state index is 12.3. The molecule has 2 saturated carbocycles. The second-order valence-corrected chi connectivity index (χ2v) is 6.36. The Balaban J connectivity index is 1.84. The van der Waals surface area contributed by atoms with Crippen LogP contribution in [0.5, 0.6) is 0 Å². The van der Waals surface area contributed by atoms with E-state index in [0.29, 0.717) is 13.2 Å². The Kier molecular flexibility index (Phi) is 5.45. The Bertz CT molecular complexity index is 376. The van der Waals surface area contributed by atoms with E-state index in [0.717, 1.165) is 44.9 Å². The van der Waals surface area contributed by atoms with Gasteiger partial charge >= 0.3 is 12.0 Å². The number of carbonyl (C=O) groups is 2. The van der Waals surface area contributed by atoms with Gasteiger partial charge in [-0.25, -0.2) is 4.79 Å². The molecule has 0 spiro atoms. The molecule has 0 aromatic rings. The summed E-state index contributed by atoms with van der Waals surface area (Å²) in [5.74, 6) is -0.947. The SMILES string of the molecule is COCCC1(CNC(=O)N(CC(=O)O)C2CCCC2)CC1. The lowest BCUT2D eigenvalue weighted by atomic mass is 10.0. The normalized spacial score (nSPS) is 20.2. The summed E-state index contributed by atoms with van der Waals surface area (Å²) in [5.41, 5.74) is 0.177. The topological polar surface area (TPSA) is 78.9 Å². The second-order valence-electron chi connectivity index (χ2n) is 6.36. The van der Waals surface area contributed by atoms with Gasteiger partial charge in [0.15, 0.2) is 0 Å². The zero-order chi connectivity index (χ0) is 15.3. The number of ether oxygens (including phenoxy) is 1. The predicted octanol–water partition coefficient (Wildman–Crippen LogP) is 1.84. The van der Waals surface area contributed by atoms with Gasteiger partial charge in [-0.1, -0.05) is 12.8 Å². The Labute approximate surface area is 125 Å². The molecular weight excluding hydrogens is 272 g/mol. The van der Waals surface area contributed by atoms with Crippen LogP contribution in [0.15, 0.2) is 0 Å². The number of hydrogen-bond acceptors (Lipinski definition) is 3. The van der Waals surface area contributed by atoms with Crippen LogP contribution in [0.2, 0.25) is 0 Å². The molecule has 0 unspecified atom stereocenters. The lowest BCUT2D eigenvalue weighted by molar-refractivity contribution is -0.138. The Morgan fingerprint density at radius 2 is 2.00 bits per heavy atom. The average Bonchev–Trinajstić information content (AvgIpc) is 3.02. The molecule has 0 aromatic heterocycles. The van der Waals surface area contributed by atoms with Gasteiger partial charge in [-0.05, 0) is 37.5 Å². The molecule has 0 radical (unpaired) electrons. The maximum Gasteiger partial charge on any atom is 0.323 e. The first kappa shape index (κ1) is 16.1. The van der Waals surface area contributed by atoms with Gasteiger partial charge in [-0.15, -0.1) is 0 Å². The van der Waals surface area contributed by atoms with E-state index in [9.17, 15) is 9.59 Å². The van der Waals surface area contributed by atoms with Crippen molar-refractivity contribution < 1.29 is 19.4 Å². The minimum absolute atomic E-state index is 0.0789. The van der Waals surface area contributed by atoms with Crippen LogP contribution in [0, 0.1) is 5.41 Å². The highest BCUT2D eigenvalue weighted by Crippen LogP contribution is 2.48. The van der Waals surface area contributed by atoms with Gasteiger partial charge in [-0.2, -0.15) is 0 Å². The number of amides is 2. The van der Waals surface area contributed by atoms with Gasteiger partial charge < -0.3 is 20.1 Å². The van der Waals surface area contributed by atoms with Crippen LogP contribution >= 0.6 is 0 Å². The van der Waals surface area contributed by atoms with Crippen LogP contribution in [0.3, 0.4) is 0 Å². The van der Waals surface area contributed by atoms with Gasteiger partial charge in [0, 0.05) is 26.3 Å². The minimum atomic E-state index is -0.947. The van der Waals surface area contributed by atoms with Crippen LogP contribution in [0.25, 0.3) is 0 Å². The maximum absolute atomic E-state index is 12.3. The van der Waals surface area contributed by atoms with Crippen molar-refractivity contribution in [2.24, 2.45) is 5.41 Å². The third kappa shape index (κ3) is 4.59. The number of carboxylic acid groups (broad SMARTS) is 1. The van der Waals surface area contributed by atoms with Gasteiger partial charge in [0.2, 0.25) is 0 Å². The highest BCUT2D eigenvalue weighted by Gasteiger charge is 2.42. The molecule has 0 aliphatic heterocycles. The van der Waals surface area contributed by atoms with E-state index in [4.69, 9.17) is 9.84 Å². The largest absolute Gasteiger partial charge is 0.480 e. The first-order valence-corrected chi connectivity index (χ1v) is 7.81. The molecule has 0 aromatic carbocycles. The number of nitrogens with zero attached hydrogens (tertiary/aromatic N) is 1. The van der Waals surface area contributed by atoms with Gasteiger partial charge in [0.1, 0.15) is 6.54 Å². The number of rotatable bonds is 8. The Morgan fingerprint density at radius 1 is 1.33 bits per heavy atom. The number of hydrogen-bond donors (Lipinski definition) is 2. The fourth-order valence-electron chi connectivity index (χ4n) is 3.10. The molecule has 0 bridgehead atoms. The molecule has 120 valence electrons. The standard InChI is InChI=1S/C15H26N2O4/c1-21-9-8-15(6-7-15)11-16-14(20)17(10-13(18)19)12-4-2-3-5-12/h12H,2-11H2,1H3,(H,16,20)(H,18,19). The molecule has 2 fully saturated rings. The summed E-state index contributed by atoms with van der Waals surface area (Å²) in [6.07, 6.45) is 7.15. The first-order valence-electron chi connectivity index (χ1n) is 7.81. The van der Waals surface area contributed by atoms with E-state index < -0.39 is 5.97 Å². The number of aliphatic carboxylic acids is 1. The van der Waals surface area contributed by atoms with Crippen LogP contribution in [0.4, 0.5) is 4.79 Å². The lowest BCUT2D eigenvalue weighted by Crippen LogP contribution is -2.48. The summed E-state index contributed by atoms with van der Waals surface area (Å²) in [6, 6.07) is -0.150. The third-order valence-electron chi connectivity index (χ3n) is 4.74. The Morgan fingerprint density at radius 3 is 2.52 bits per heavy atom. The Hall–Kier alpha value is -1.30. The predicted molar refractivity (Wildman–Crippen MR) is 78.2 cm³/mol. The molecular formula is C15H26N2O4. The molecule has 2 amide bonds. The number of urea groups is 1. The second kappa shape index (κ2) is 7.11. The average molecular weight is 298 g/mol. The summed E-state index contributed by atoms with van der Waals surface area (Å²) < 4.78 is 5.11. The summed E-state index contributed by atoms with van der Waals surface area (Å²) in [7, 11) is 1.68. The number of methoxy groups -OCH3 is 1. The van der Waals surface area contributed by atoms with Crippen molar-refractivity contribution in [3.63, 3.8) is 0 Å². The highest BCUT2D eigenvalue weighted by molar-refractivity contribution is 5.80. The van der Waals surface area contributed by atoms with E-state index in [1.54, 1.807) is 7.11 Å². The molecule has 21 heavy (non-hydrogen) atoms. The van der Waals surface area contributed by atoms with E-state index >= 15 is 0 Å². The number of nitrogens with one attached hydrogen (secondary N) is 1. The van der Waals surface area contributed by atoms with Crippen molar-refractivity contribution in [1.82, 2.24) is 10.2 Å². The summed E-state index contributed by atoms with van der Waals surface area (Å²) >= 11 is 0. The monoisotopic (exact) mass is 298 g/mol. The van der Waals surface area contributed by atoms with Gasteiger partial charge in [0.05, 0.1) is 0 Å². The van der Waals surface area contributed by atoms with Crippen LogP contribution in [0.1, 0.15) is 44.9 Å². The van der Waals surface area contributed by atoms with E-state index in [2.05, 4.69) is 5.32 Å². The minimum Gasteiger partial charge on any atom is -0.480 e. The van der Waals surface area contributed by atoms with Gasteiger partial charge in [-0.3, -0.25) is 4.79 Å². The van der Waals surface area contributed by atoms with E-state index in [1.807, 2.05) is 0 Å². The van der Waals surface area contributed by atoms with Crippen LogP contribution < -0.4 is 5.32 Å². The molecule has 2 N–H and O–H groups in total. The van der Waals surface area contributed by atoms with Crippen molar-refractivity contribution >= 4 is 12.0 Å². The van der Waals surface area contributed by atoms with Crippen molar-refractivity contribution in [1.29, 1.82) is 0 Å². The molecule has 2 aliphatic rings. The fourth-order valence-corrected chi connectivity index (χ4v) is 3.10. The zero-order valence-electron chi connectivity index (χ0n) is 12.8. The van der Waals surface area contributed by atoms with Crippen molar-refractivity contribution in [2.45, 2.75) is 51.0 Å². The van der Waals surface area contributed by atoms with E-state index in [-0.39, 0.29) is 24.0 Å². The summed E-state index contributed by atoms with van der Waals surface area (Å²) in [4.78, 5) is 24.8. The molecule has 6 heteroatoms. The fraction of sp³-hybridized carbons (Fsp3) is 0.867. The first-order chi connectivity index (χ1) is 10.1. The third-order valence-corrected chi connectivity index (χ3v) is 4.74. The quantitative estimate of drug-likeness (QED) is 0.716. The molecule has 6 nitrogen and oxygen atoms in total. The van der Waals surface area contributed by atoms with E-state index in [1.165, 1.54) is 4.90 Å². The molecule has 0 heterocycles. The smallest absolute Gasteiger partial charge is 0.323 e. The lowest BCUT2D eigenvalue weighted by Gasteiger charge is -2.28. The molecule has 0 saturated heterocycles. The summed E-state index contributed by atoms with van der Waals surface area (Å²) in [5, 5.41) is 12.0. The highest BCUT2D eigenvalue weighted by atomic mass is 16.5. The number of carbonyl (C=O) groups excluding carboxylic acids is 1. The van der Waals surface area contributed by atoms with Crippen molar-refractivity contribution in [2.75, 3.05) is 26.8 Å². The molecule has 2 aliphatic carbocycles. The zero-order valence-corrected chi connectivity index (χ0v) is 12.8. The molecule has 0 atom stereocenters. The van der Waals surface area contributed by atoms with Crippen LogP contribution in [-0.2, 0) is 9.53 Å². The van der Waals surface area contributed by atoms with Crippen molar-refractivity contribution in [3.05, 3.63) is 0 Å². The van der Waals surface area contributed by atoms with Crippen molar-refractivity contribution in [3.8, 4) is 0 Å². The molecule has 2 rings (SSSR count). The van der Waals surface area contributed by atoms with Crippen LogP contribution in [-0.4, -0.2) is 54.9 Å². The summed E-state index contributed by atoms with van der Waals surface area (Å²) in [6.45, 7) is 1.12. The number of carboxylic acids is 1. The van der Waals surface area contributed by atoms with Gasteiger partial charge in [0.25, 0.3) is 0 Å².